The first kappa shape index (κ1) is 17.3. The van der Waals surface area contributed by atoms with Crippen LogP contribution < -0.4 is 5.32 Å². The standard InChI is InChI=1S/C21H26N2O3/c1-14(21-11-16-8-17(12-21)10-18(9-16)13-21)22-20(24)7-4-15-2-5-19(6-3-15)23(25)26/h2-7,14,16-18H,8-13H2,1H3,(H,22,24)/b7-4+/t14-,16?,17?,18?,21?/m1/s1. The van der Waals surface area contributed by atoms with Gasteiger partial charge in [0.05, 0.1) is 4.92 Å². The summed E-state index contributed by atoms with van der Waals surface area (Å²) >= 11 is 0. The van der Waals surface area contributed by atoms with Gasteiger partial charge in [-0.25, -0.2) is 0 Å². The van der Waals surface area contributed by atoms with E-state index in [-0.39, 0.29) is 17.6 Å². The second-order valence-corrected chi connectivity index (χ2v) is 8.69. The van der Waals surface area contributed by atoms with E-state index < -0.39 is 4.92 Å². The van der Waals surface area contributed by atoms with Gasteiger partial charge in [-0.2, -0.15) is 0 Å². The third-order valence-electron chi connectivity index (χ3n) is 6.89. The molecule has 138 valence electrons. The van der Waals surface area contributed by atoms with Crippen LogP contribution in [0.25, 0.3) is 6.08 Å². The smallest absolute Gasteiger partial charge is 0.269 e. The summed E-state index contributed by atoms with van der Waals surface area (Å²) in [4.78, 5) is 22.7. The zero-order valence-corrected chi connectivity index (χ0v) is 15.2. The quantitative estimate of drug-likeness (QED) is 0.486. The first-order valence-electron chi connectivity index (χ1n) is 9.66. The molecule has 0 radical (unpaired) electrons. The third kappa shape index (κ3) is 3.27. The molecule has 5 nitrogen and oxygen atoms in total. The van der Waals surface area contributed by atoms with E-state index in [2.05, 4.69) is 12.2 Å². The average molecular weight is 354 g/mol. The number of nitro benzene ring substituents is 1. The number of nitro groups is 1. The van der Waals surface area contributed by atoms with Crippen LogP contribution in [0.5, 0.6) is 0 Å². The topological polar surface area (TPSA) is 72.2 Å². The number of nitrogens with zero attached hydrogens (tertiary/aromatic N) is 1. The molecule has 4 bridgehead atoms. The Morgan fingerprint density at radius 2 is 1.69 bits per heavy atom. The molecule has 1 aromatic carbocycles. The van der Waals surface area contributed by atoms with Crippen LogP contribution in [0.1, 0.15) is 51.0 Å². The lowest BCUT2D eigenvalue weighted by Gasteiger charge is -2.59. The maximum Gasteiger partial charge on any atom is 0.269 e. The van der Waals surface area contributed by atoms with Crippen molar-refractivity contribution in [2.75, 3.05) is 0 Å². The van der Waals surface area contributed by atoms with Crippen molar-refractivity contribution >= 4 is 17.7 Å². The van der Waals surface area contributed by atoms with Gasteiger partial charge in [0, 0.05) is 24.3 Å². The van der Waals surface area contributed by atoms with Crippen molar-refractivity contribution in [3.05, 3.63) is 46.0 Å². The molecule has 0 spiro atoms. The van der Waals surface area contributed by atoms with Crippen LogP contribution in [-0.2, 0) is 4.79 Å². The van der Waals surface area contributed by atoms with Gasteiger partial charge in [-0.1, -0.05) is 0 Å². The van der Waals surface area contributed by atoms with Crippen LogP contribution in [-0.4, -0.2) is 16.9 Å². The van der Waals surface area contributed by atoms with Gasteiger partial charge in [0.1, 0.15) is 0 Å². The minimum Gasteiger partial charge on any atom is -0.350 e. The van der Waals surface area contributed by atoms with Crippen molar-refractivity contribution in [3.63, 3.8) is 0 Å². The van der Waals surface area contributed by atoms with Crippen LogP contribution in [0, 0.1) is 33.3 Å². The van der Waals surface area contributed by atoms with Crippen LogP contribution >= 0.6 is 0 Å². The van der Waals surface area contributed by atoms with Gasteiger partial charge in [0.15, 0.2) is 0 Å². The largest absolute Gasteiger partial charge is 0.350 e. The number of hydrogen-bond donors (Lipinski definition) is 1. The summed E-state index contributed by atoms with van der Waals surface area (Å²) in [7, 11) is 0. The van der Waals surface area contributed by atoms with Gasteiger partial charge >= 0.3 is 0 Å². The number of carbonyl (C=O) groups excluding carboxylic acids is 1. The number of benzene rings is 1. The summed E-state index contributed by atoms with van der Waals surface area (Å²) in [5.74, 6) is 2.54. The van der Waals surface area contributed by atoms with E-state index in [0.29, 0.717) is 5.41 Å². The molecule has 0 aliphatic heterocycles. The Bertz CT molecular complexity index is 703. The Labute approximate surface area is 154 Å². The van der Waals surface area contributed by atoms with Crippen molar-refractivity contribution < 1.29 is 9.72 Å². The van der Waals surface area contributed by atoms with Crippen LogP contribution in [0.3, 0.4) is 0 Å². The molecule has 0 saturated heterocycles. The molecule has 0 heterocycles. The number of hydrogen-bond acceptors (Lipinski definition) is 3. The van der Waals surface area contributed by atoms with Crippen LogP contribution in [0.4, 0.5) is 5.69 Å². The monoisotopic (exact) mass is 354 g/mol. The van der Waals surface area contributed by atoms with E-state index in [1.165, 1.54) is 56.7 Å². The second-order valence-electron chi connectivity index (χ2n) is 8.69. The predicted molar refractivity (Wildman–Crippen MR) is 100 cm³/mol. The van der Waals surface area contributed by atoms with Gasteiger partial charge in [-0.3, -0.25) is 14.9 Å². The highest BCUT2D eigenvalue weighted by Gasteiger charge is 2.53. The van der Waals surface area contributed by atoms with Gasteiger partial charge in [0.25, 0.3) is 5.69 Å². The lowest BCUT2D eigenvalue weighted by molar-refractivity contribution is -0.384. The molecule has 0 unspecified atom stereocenters. The van der Waals surface area contributed by atoms with Gasteiger partial charge in [-0.05, 0) is 92.4 Å². The van der Waals surface area contributed by atoms with E-state index >= 15 is 0 Å². The number of carbonyl (C=O) groups is 1. The molecule has 5 heteroatoms. The fourth-order valence-corrected chi connectivity index (χ4v) is 6.00. The maximum atomic E-state index is 12.4. The van der Waals surface area contributed by atoms with Crippen molar-refractivity contribution in [3.8, 4) is 0 Å². The Balaban J connectivity index is 1.38. The first-order valence-corrected chi connectivity index (χ1v) is 9.66. The Hall–Kier alpha value is -2.17. The highest BCUT2D eigenvalue weighted by atomic mass is 16.6. The van der Waals surface area contributed by atoms with Crippen molar-refractivity contribution in [2.45, 2.75) is 51.5 Å². The fraction of sp³-hybridized carbons (Fsp3) is 0.571. The van der Waals surface area contributed by atoms with Crippen molar-refractivity contribution in [2.24, 2.45) is 23.2 Å². The Kier molecular flexibility index (Phi) is 4.33. The highest BCUT2D eigenvalue weighted by Crippen LogP contribution is 2.61. The van der Waals surface area contributed by atoms with Crippen LogP contribution in [0.15, 0.2) is 30.3 Å². The molecule has 1 amide bonds. The van der Waals surface area contributed by atoms with Gasteiger partial charge in [0.2, 0.25) is 5.91 Å². The number of amides is 1. The molecule has 1 N–H and O–H groups in total. The summed E-state index contributed by atoms with van der Waals surface area (Å²) in [6, 6.07) is 6.42. The predicted octanol–water partition coefficient (Wildman–Crippen LogP) is 4.33. The lowest BCUT2D eigenvalue weighted by atomic mass is 9.48. The number of nitrogens with one attached hydrogen (secondary N) is 1. The third-order valence-corrected chi connectivity index (χ3v) is 6.89. The zero-order chi connectivity index (χ0) is 18.3. The molecule has 1 atom stereocenters. The van der Waals surface area contributed by atoms with Crippen LogP contribution in [0.2, 0.25) is 0 Å². The van der Waals surface area contributed by atoms with E-state index in [0.717, 1.165) is 23.3 Å². The molecule has 4 aliphatic carbocycles. The first-order chi connectivity index (χ1) is 12.4. The summed E-state index contributed by atoms with van der Waals surface area (Å²) in [6.07, 6.45) is 11.3. The zero-order valence-electron chi connectivity index (χ0n) is 15.2. The lowest BCUT2D eigenvalue weighted by Crippen LogP contribution is -2.55. The molecule has 4 fully saturated rings. The molecule has 5 rings (SSSR count). The number of rotatable bonds is 5. The summed E-state index contributed by atoms with van der Waals surface area (Å²) in [5, 5.41) is 13.9. The molecule has 4 saturated carbocycles. The van der Waals surface area contributed by atoms with E-state index in [4.69, 9.17) is 0 Å². The van der Waals surface area contributed by atoms with Gasteiger partial charge < -0.3 is 5.32 Å². The Morgan fingerprint density at radius 1 is 1.15 bits per heavy atom. The second kappa shape index (κ2) is 6.53. The van der Waals surface area contributed by atoms with E-state index in [1.54, 1.807) is 18.2 Å². The normalized spacial score (nSPS) is 33.3. The molecule has 4 aliphatic rings. The fourth-order valence-electron chi connectivity index (χ4n) is 6.00. The molecule has 1 aromatic rings. The molecular formula is C21H26N2O3. The minimum atomic E-state index is -0.423. The summed E-state index contributed by atoms with van der Waals surface area (Å²) < 4.78 is 0. The summed E-state index contributed by atoms with van der Waals surface area (Å²) in [6.45, 7) is 2.17. The van der Waals surface area contributed by atoms with Crippen molar-refractivity contribution in [1.29, 1.82) is 0 Å². The molecule has 26 heavy (non-hydrogen) atoms. The van der Waals surface area contributed by atoms with E-state index in [9.17, 15) is 14.9 Å². The number of non-ortho nitro benzene ring substituents is 1. The Morgan fingerprint density at radius 3 is 2.19 bits per heavy atom. The highest BCUT2D eigenvalue weighted by molar-refractivity contribution is 5.92. The van der Waals surface area contributed by atoms with Gasteiger partial charge in [-0.15, -0.1) is 0 Å². The maximum absolute atomic E-state index is 12.4. The van der Waals surface area contributed by atoms with E-state index in [1.807, 2.05) is 0 Å². The average Bonchev–Trinajstić information content (AvgIpc) is 2.59. The molecule has 0 aromatic heterocycles. The molecular weight excluding hydrogens is 328 g/mol. The minimum absolute atomic E-state index is 0.0574. The summed E-state index contributed by atoms with van der Waals surface area (Å²) in [5.41, 5.74) is 1.14. The van der Waals surface area contributed by atoms with Crippen molar-refractivity contribution in [1.82, 2.24) is 5.32 Å². The SMILES string of the molecule is C[C@@H](NC(=O)/C=C/c1ccc([N+](=O)[O-])cc1)C12CC3CC(CC(C3)C1)C2.